The monoisotopic (exact) mass is 276 g/mol. The third-order valence-electron chi connectivity index (χ3n) is 3.16. The van der Waals surface area contributed by atoms with Crippen LogP contribution in [0.2, 0.25) is 0 Å². The van der Waals surface area contributed by atoms with Crippen LogP contribution in [0.5, 0.6) is 0 Å². The van der Waals surface area contributed by atoms with Crippen molar-refractivity contribution >= 4 is 17.4 Å². The minimum absolute atomic E-state index is 0.0475. The maximum atomic E-state index is 12.1. The number of Topliss-reactive ketones (excluding diaryl/α,β-unsaturated/α-hetero) is 1. The second-order valence-electron chi connectivity index (χ2n) is 4.74. The van der Waals surface area contributed by atoms with Crippen LogP contribution in [0.1, 0.15) is 34.4 Å². The summed E-state index contributed by atoms with van der Waals surface area (Å²) in [7, 11) is 0. The molecule has 2 rings (SSSR count). The van der Waals surface area contributed by atoms with Crippen molar-refractivity contribution in [1.29, 1.82) is 0 Å². The molecule has 2 aromatic rings. The molecule has 0 saturated carbocycles. The van der Waals surface area contributed by atoms with Gasteiger partial charge < -0.3 is 4.57 Å². The Morgan fingerprint density at radius 1 is 1.32 bits per heavy atom. The van der Waals surface area contributed by atoms with Crippen LogP contribution in [0, 0.1) is 20.8 Å². The maximum Gasteiger partial charge on any atom is 0.182 e. The van der Waals surface area contributed by atoms with Gasteiger partial charge in [-0.3, -0.25) is 4.79 Å². The summed E-state index contributed by atoms with van der Waals surface area (Å²) in [5.74, 6) is 0.782. The average Bonchev–Trinajstić information content (AvgIpc) is 2.63. The molecule has 0 amide bonds. The van der Waals surface area contributed by atoms with Gasteiger partial charge in [0.1, 0.15) is 5.82 Å². The summed E-state index contributed by atoms with van der Waals surface area (Å²) in [6, 6.07) is 7.72. The number of halogens is 1. The molecule has 1 unspecified atom stereocenters. The van der Waals surface area contributed by atoms with Gasteiger partial charge in [-0.05, 0) is 45.9 Å². The van der Waals surface area contributed by atoms with Crippen molar-refractivity contribution in [3.8, 4) is 5.82 Å². The zero-order valence-corrected chi connectivity index (χ0v) is 12.3. The Labute approximate surface area is 118 Å². The Bertz CT molecular complexity index is 629. The van der Waals surface area contributed by atoms with Crippen molar-refractivity contribution < 1.29 is 4.79 Å². The number of aryl methyl sites for hydroxylation is 2. The minimum atomic E-state index is -0.514. The van der Waals surface area contributed by atoms with Crippen molar-refractivity contribution in [3.05, 3.63) is 46.9 Å². The molecule has 0 N–H and O–H groups in total. The van der Waals surface area contributed by atoms with E-state index in [4.69, 9.17) is 11.6 Å². The van der Waals surface area contributed by atoms with Gasteiger partial charge in [-0.1, -0.05) is 6.07 Å². The first-order valence-corrected chi connectivity index (χ1v) is 6.66. The van der Waals surface area contributed by atoms with Gasteiger partial charge >= 0.3 is 0 Å². The largest absolute Gasteiger partial charge is 0.302 e. The molecule has 2 aromatic heterocycles. The fourth-order valence-electron chi connectivity index (χ4n) is 2.23. The van der Waals surface area contributed by atoms with E-state index in [0.717, 1.165) is 22.9 Å². The van der Waals surface area contributed by atoms with Gasteiger partial charge in [0, 0.05) is 22.6 Å². The summed E-state index contributed by atoms with van der Waals surface area (Å²) in [4.78, 5) is 16.6. The fraction of sp³-hybridized carbons (Fsp3) is 0.333. The zero-order valence-electron chi connectivity index (χ0n) is 11.6. The second kappa shape index (κ2) is 5.17. The van der Waals surface area contributed by atoms with E-state index in [1.807, 2.05) is 49.6 Å². The third kappa shape index (κ3) is 2.56. The molecule has 0 radical (unpaired) electrons. The average molecular weight is 277 g/mol. The molecule has 0 fully saturated rings. The van der Waals surface area contributed by atoms with E-state index in [-0.39, 0.29) is 5.78 Å². The van der Waals surface area contributed by atoms with E-state index in [9.17, 15) is 4.79 Å². The molecule has 2 heterocycles. The molecule has 0 aliphatic rings. The van der Waals surface area contributed by atoms with Crippen LogP contribution in [0.15, 0.2) is 24.3 Å². The van der Waals surface area contributed by atoms with Crippen LogP contribution in [0.3, 0.4) is 0 Å². The van der Waals surface area contributed by atoms with Gasteiger partial charge in [0.05, 0.1) is 5.38 Å². The molecular formula is C15H17ClN2O. The zero-order chi connectivity index (χ0) is 14.2. The van der Waals surface area contributed by atoms with Gasteiger partial charge in [-0.25, -0.2) is 4.98 Å². The summed E-state index contributed by atoms with van der Waals surface area (Å²) in [6.45, 7) is 7.53. The van der Waals surface area contributed by atoms with Crippen LogP contribution in [0.25, 0.3) is 5.82 Å². The summed E-state index contributed by atoms with van der Waals surface area (Å²) in [5.41, 5.74) is 3.48. The fourth-order valence-corrected chi connectivity index (χ4v) is 2.35. The number of aromatic nitrogens is 2. The summed E-state index contributed by atoms with van der Waals surface area (Å²) in [6.07, 6.45) is 0. The lowest BCUT2D eigenvalue weighted by molar-refractivity contribution is 0.0991. The Hall–Kier alpha value is -1.61. The van der Waals surface area contributed by atoms with Gasteiger partial charge in [0.25, 0.3) is 0 Å². The highest BCUT2D eigenvalue weighted by Gasteiger charge is 2.20. The predicted octanol–water partition coefficient (Wildman–Crippen LogP) is 3.61. The summed E-state index contributed by atoms with van der Waals surface area (Å²) in [5, 5.41) is -0.514. The molecule has 1 atom stereocenters. The highest BCUT2D eigenvalue weighted by atomic mass is 35.5. The number of carbonyl (C=O) groups excluding carboxylic acids is 1. The number of rotatable bonds is 3. The minimum Gasteiger partial charge on any atom is -0.302 e. The Morgan fingerprint density at radius 3 is 2.58 bits per heavy atom. The molecular weight excluding hydrogens is 260 g/mol. The first-order chi connectivity index (χ1) is 8.91. The summed E-state index contributed by atoms with van der Waals surface area (Å²) >= 11 is 5.89. The molecule has 3 nitrogen and oxygen atoms in total. The topological polar surface area (TPSA) is 34.9 Å². The first kappa shape index (κ1) is 13.8. The van der Waals surface area contributed by atoms with Crippen LogP contribution in [-0.4, -0.2) is 20.7 Å². The van der Waals surface area contributed by atoms with Crippen LogP contribution in [-0.2, 0) is 0 Å². The number of carbonyl (C=O) groups is 1. The number of pyridine rings is 1. The van der Waals surface area contributed by atoms with Crippen molar-refractivity contribution in [3.63, 3.8) is 0 Å². The normalized spacial score (nSPS) is 12.5. The van der Waals surface area contributed by atoms with Gasteiger partial charge in [0.2, 0.25) is 0 Å². The predicted molar refractivity (Wildman–Crippen MR) is 77.4 cm³/mol. The Morgan fingerprint density at radius 2 is 2.00 bits per heavy atom. The Balaban J connectivity index is 2.57. The van der Waals surface area contributed by atoms with E-state index in [0.29, 0.717) is 5.56 Å². The molecule has 0 saturated heterocycles. The van der Waals surface area contributed by atoms with Crippen LogP contribution >= 0.6 is 11.6 Å². The number of alkyl halides is 1. The van der Waals surface area contributed by atoms with E-state index >= 15 is 0 Å². The number of hydrogen-bond acceptors (Lipinski definition) is 2. The van der Waals surface area contributed by atoms with Crippen LogP contribution in [0.4, 0.5) is 0 Å². The lowest BCUT2D eigenvalue weighted by Crippen LogP contribution is -2.12. The standard InChI is InChI=1S/C15H17ClN2O/c1-9-6-5-7-14(17-9)18-10(2)8-13(12(18)4)15(19)11(3)16/h5-8,11H,1-4H3. The number of ketones is 1. The van der Waals surface area contributed by atoms with Crippen molar-refractivity contribution in [2.75, 3.05) is 0 Å². The first-order valence-electron chi connectivity index (χ1n) is 6.23. The van der Waals surface area contributed by atoms with Crippen molar-refractivity contribution in [1.82, 2.24) is 9.55 Å². The molecule has 19 heavy (non-hydrogen) atoms. The molecule has 100 valence electrons. The molecule has 0 aromatic carbocycles. The third-order valence-corrected chi connectivity index (χ3v) is 3.36. The maximum absolute atomic E-state index is 12.1. The molecule has 0 spiro atoms. The smallest absolute Gasteiger partial charge is 0.182 e. The van der Waals surface area contributed by atoms with Gasteiger partial charge in [-0.2, -0.15) is 0 Å². The van der Waals surface area contributed by atoms with E-state index in [2.05, 4.69) is 4.98 Å². The molecule has 0 bridgehead atoms. The number of hydrogen-bond donors (Lipinski definition) is 0. The number of nitrogens with zero attached hydrogens (tertiary/aromatic N) is 2. The highest BCUT2D eigenvalue weighted by molar-refractivity contribution is 6.33. The van der Waals surface area contributed by atoms with E-state index in [1.165, 1.54) is 0 Å². The Kier molecular flexibility index (Phi) is 3.76. The second-order valence-corrected chi connectivity index (χ2v) is 5.39. The van der Waals surface area contributed by atoms with Crippen molar-refractivity contribution in [2.45, 2.75) is 33.1 Å². The molecule has 0 aliphatic carbocycles. The van der Waals surface area contributed by atoms with Gasteiger partial charge in [-0.15, -0.1) is 11.6 Å². The van der Waals surface area contributed by atoms with E-state index in [1.54, 1.807) is 6.92 Å². The molecule has 4 heteroatoms. The SMILES string of the molecule is Cc1cccc(-n2c(C)cc(C(=O)C(C)Cl)c2C)n1. The van der Waals surface area contributed by atoms with Gasteiger partial charge in [0.15, 0.2) is 5.78 Å². The quantitative estimate of drug-likeness (QED) is 0.634. The summed E-state index contributed by atoms with van der Waals surface area (Å²) < 4.78 is 1.99. The lowest BCUT2D eigenvalue weighted by Gasteiger charge is -2.09. The van der Waals surface area contributed by atoms with E-state index < -0.39 is 5.38 Å². The lowest BCUT2D eigenvalue weighted by atomic mass is 10.1. The van der Waals surface area contributed by atoms with Crippen LogP contribution < -0.4 is 0 Å². The highest BCUT2D eigenvalue weighted by Crippen LogP contribution is 2.22. The van der Waals surface area contributed by atoms with Crippen molar-refractivity contribution in [2.24, 2.45) is 0 Å². The molecule has 0 aliphatic heterocycles.